The third-order valence-electron chi connectivity index (χ3n) is 3.24. The van der Waals surface area contributed by atoms with Crippen molar-refractivity contribution in [2.75, 3.05) is 11.1 Å². The first-order valence-electron chi connectivity index (χ1n) is 5.61. The molecule has 0 spiro atoms. The molecule has 3 N–H and O–H groups in total. The van der Waals surface area contributed by atoms with Gasteiger partial charge in [-0.25, -0.2) is 0 Å². The number of nitrogens with one attached hydrogen (secondary N) is 1. The number of nitrogens with two attached hydrogens (primary N) is 1. The van der Waals surface area contributed by atoms with Gasteiger partial charge >= 0.3 is 0 Å². The minimum absolute atomic E-state index is 0.100. The number of rotatable bonds is 3. The third-order valence-corrected chi connectivity index (χ3v) is 3.24. The van der Waals surface area contributed by atoms with Crippen LogP contribution < -0.4 is 11.1 Å². The van der Waals surface area contributed by atoms with Gasteiger partial charge in [0.1, 0.15) is 6.07 Å². The van der Waals surface area contributed by atoms with Crippen molar-refractivity contribution in [2.45, 2.75) is 32.2 Å². The quantitative estimate of drug-likeness (QED) is 0.762. The van der Waals surface area contributed by atoms with Crippen LogP contribution in [0.3, 0.4) is 0 Å². The van der Waals surface area contributed by atoms with E-state index < -0.39 is 0 Å². The summed E-state index contributed by atoms with van der Waals surface area (Å²) >= 11 is 0. The second kappa shape index (κ2) is 3.71. The number of benzene rings is 1. The third kappa shape index (κ3) is 2.11. The SMILES string of the molecule is CC(C)(Nc1ccc(N)c(C#N)c1)C1CC1. The van der Waals surface area contributed by atoms with Crippen molar-refractivity contribution in [1.29, 1.82) is 5.26 Å². The highest BCUT2D eigenvalue weighted by atomic mass is 15.0. The van der Waals surface area contributed by atoms with Crippen LogP contribution in [0.25, 0.3) is 0 Å². The lowest BCUT2D eigenvalue weighted by Gasteiger charge is -2.27. The first-order chi connectivity index (χ1) is 7.53. The topological polar surface area (TPSA) is 61.8 Å². The Hall–Kier alpha value is -1.69. The highest BCUT2D eigenvalue weighted by Gasteiger charge is 2.37. The number of nitrogen functional groups attached to an aromatic ring is 1. The van der Waals surface area contributed by atoms with Crippen LogP contribution in [0.4, 0.5) is 11.4 Å². The number of hydrogen-bond acceptors (Lipinski definition) is 3. The average molecular weight is 215 g/mol. The van der Waals surface area contributed by atoms with E-state index >= 15 is 0 Å². The summed E-state index contributed by atoms with van der Waals surface area (Å²) in [5.74, 6) is 0.746. The van der Waals surface area contributed by atoms with Gasteiger partial charge in [0.25, 0.3) is 0 Å². The van der Waals surface area contributed by atoms with Crippen LogP contribution in [-0.2, 0) is 0 Å². The Morgan fingerprint density at radius 1 is 1.44 bits per heavy atom. The van der Waals surface area contributed by atoms with E-state index in [0.717, 1.165) is 11.6 Å². The average Bonchev–Trinajstić information content (AvgIpc) is 3.04. The van der Waals surface area contributed by atoms with Crippen LogP contribution in [0.5, 0.6) is 0 Å². The summed E-state index contributed by atoms with van der Waals surface area (Å²) in [6, 6.07) is 7.63. The van der Waals surface area contributed by atoms with Crippen LogP contribution in [-0.4, -0.2) is 5.54 Å². The minimum Gasteiger partial charge on any atom is -0.398 e. The van der Waals surface area contributed by atoms with Gasteiger partial charge < -0.3 is 11.1 Å². The van der Waals surface area contributed by atoms with Crippen molar-refractivity contribution in [3.63, 3.8) is 0 Å². The fraction of sp³-hybridized carbons (Fsp3) is 0.462. The molecule has 0 aromatic heterocycles. The lowest BCUT2D eigenvalue weighted by Crippen LogP contribution is -2.33. The zero-order valence-electron chi connectivity index (χ0n) is 9.75. The fourth-order valence-corrected chi connectivity index (χ4v) is 2.01. The van der Waals surface area contributed by atoms with Gasteiger partial charge in [-0.2, -0.15) is 5.26 Å². The molecule has 3 nitrogen and oxygen atoms in total. The lowest BCUT2D eigenvalue weighted by molar-refractivity contribution is 0.494. The number of nitriles is 1. The molecular weight excluding hydrogens is 198 g/mol. The summed E-state index contributed by atoms with van der Waals surface area (Å²) in [5.41, 5.74) is 7.84. The normalized spacial score (nSPS) is 15.6. The maximum Gasteiger partial charge on any atom is 0.101 e. The molecule has 2 rings (SSSR count). The first-order valence-corrected chi connectivity index (χ1v) is 5.61. The van der Waals surface area contributed by atoms with Gasteiger partial charge in [0, 0.05) is 16.9 Å². The van der Waals surface area contributed by atoms with E-state index in [2.05, 4.69) is 25.2 Å². The van der Waals surface area contributed by atoms with E-state index in [4.69, 9.17) is 11.0 Å². The summed E-state index contributed by atoms with van der Waals surface area (Å²) in [6.45, 7) is 4.40. The lowest BCUT2D eigenvalue weighted by atomic mass is 9.98. The molecule has 0 saturated heterocycles. The van der Waals surface area contributed by atoms with Crippen molar-refractivity contribution in [3.05, 3.63) is 23.8 Å². The van der Waals surface area contributed by atoms with Crippen molar-refractivity contribution in [2.24, 2.45) is 5.92 Å². The molecule has 0 heterocycles. The predicted molar refractivity (Wildman–Crippen MR) is 66.0 cm³/mol. The standard InChI is InChI=1S/C13H17N3/c1-13(2,10-3-4-10)16-11-5-6-12(15)9(7-11)8-14/h5-7,10,16H,3-4,15H2,1-2H3. The monoisotopic (exact) mass is 215 g/mol. The fourth-order valence-electron chi connectivity index (χ4n) is 2.01. The Morgan fingerprint density at radius 3 is 2.69 bits per heavy atom. The predicted octanol–water partition coefficient (Wildman–Crippen LogP) is 2.74. The zero-order chi connectivity index (χ0) is 11.8. The molecule has 1 aliphatic rings. The molecule has 0 atom stereocenters. The highest BCUT2D eigenvalue weighted by Crippen LogP contribution is 2.41. The van der Waals surface area contributed by atoms with Crippen LogP contribution >= 0.6 is 0 Å². The summed E-state index contributed by atoms with van der Waals surface area (Å²) in [6.07, 6.45) is 2.58. The number of anilines is 2. The number of nitrogens with zero attached hydrogens (tertiary/aromatic N) is 1. The second-order valence-electron chi connectivity index (χ2n) is 5.03. The Balaban J connectivity index is 2.19. The van der Waals surface area contributed by atoms with Crippen LogP contribution in [0.1, 0.15) is 32.3 Å². The van der Waals surface area contributed by atoms with Gasteiger partial charge in [0.15, 0.2) is 0 Å². The molecule has 1 saturated carbocycles. The summed E-state index contributed by atoms with van der Waals surface area (Å²) in [5, 5.41) is 12.4. The molecule has 84 valence electrons. The highest BCUT2D eigenvalue weighted by molar-refractivity contribution is 5.62. The summed E-state index contributed by atoms with van der Waals surface area (Å²) < 4.78 is 0. The van der Waals surface area contributed by atoms with E-state index in [0.29, 0.717) is 11.3 Å². The van der Waals surface area contributed by atoms with E-state index in [1.165, 1.54) is 12.8 Å². The summed E-state index contributed by atoms with van der Waals surface area (Å²) in [7, 11) is 0. The maximum atomic E-state index is 8.90. The molecule has 0 aliphatic heterocycles. The molecule has 1 fully saturated rings. The van der Waals surface area contributed by atoms with Gasteiger partial charge in [-0.15, -0.1) is 0 Å². The molecule has 0 radical (unpaired) electrons. The zero-order valence-corrected chi connectivity index (χ0v) is 9.75. The van der Waals surface area contributed by atoms with Crippen LogP contribution in [0.2, 0.25) is 0 Å². The van der Waals surface area contributed by atoms with Gasteiger partial charge in [-0.1, -0.05) is 0 Å². The Kier molecular flexibility index (Phi) is 2.51. The molecule has 0 unspecified atom stereocenters. The van der Waals surface area contributed by atoms with Crippen LogP contribution in [0, 0.1) is 17.2 Å². The van der Waals surface area contributed by atoms with Crippen molar-refractivity contribution < 1.29 is 0 Å². The molecule has 3 heteroatoms. The first kappa shape index (κ1) is 10.8. The molecule has 1 aliphatic carbocycles. The van der Waals surface area contributed by atoms with Crippen molar-refractivity contribution >= 4 is 11.4 Å². The second-order valence-corrected chi connectivity index (χ2v) is 5.03. The minimum atomic E-state index is 0.100. The van der Waals surface area contributed by atoms with E-state index in [1.54, 1.807) is 6.07 Å². The molecule has 0 bridgehead atoms. The maximum absolute atomic E-state index is 8.90. The summed E-state index contributed by atoms with van der Waals surface area (Å²) in [4.78, 5) is 0. The van der Waals surface area contributed by atoms with E-state index in [1.807, 2.05) is 12.1 Å². The largest absolute Gasteiger partial charge is 0.398 e. The Bertz CT molecular complexity index is 439. The molecule has 16 heavy (non-hydrogen) atoms. The van der Waals surface area contributed by atoms with E-state index in [-0.39, 0.29) is 5.54 Å². The van der Waals surface area contributed by atoms with Crippen molar-refractivity contribution in [1.82, 2.24) is 0 Å². The van der Waals surface area contributed by atoms with Gasteiger partial charge in [0.05, 0.1) is 5.56 Å². The molecule has 1 aromatic carbocycles. The molecular formula is C13H17N3. The Morgan fingerprint density at radius 2 is 2.12 bits per heavy atom. The van der Waals surface area contributed by atoms with Gasteiger partial charge in [-0.05, 0) is 50.8 Å². The smallest absolute Gasteiger partial charge is 0.101 e. The Labute approximate surface area is 96.3 Å². The van der Waals surface area contributed by atoms with Gasteiger partial charge in [0.2, 0.25) is 0 Å². The molecule has 1 aromatic rings. The van der Waals surface area contributed by atoms with E-state index in [9.17, 15) is 0 Å². The van der Waals surface area contributed by atoms with Gasteiger partial charge in [-0.3, -0.25) is 0 Å². The number of hydrogen-bond donors (Lipinski definition) is 2. The van der Waals surface area contributed by atoms with Crippen LogP contribution in [0.15, 0.2) is 18.2 Å². The van der Waals surface area contributed by atoms with Crippen molar-refractivity contribution in [3.8, 4) is 6.07 Å². The molecule has 0 amide bonds.